The number of nitrogens with one attached hydrogen (secondary N) is 3. The number of sulfonamides is 1. The summed E-state index contributed by atoms with van der Waals surface area (Å²) in [5.41, 5.74) is 3.19. The summed E-state index contributed by atoms with van der Waals surface area (Å²) < 4.78 is 27.3. The fourth-order valence-electron chi connectivity index (χ4n) is 3.11. The maximum Gasteiger partial charge on any atom is 0.243 e. The molecule has 0 radical (unpaired) electrons. The number of hydrogen-bond donors (Lipinski definition) is 3. The first-order valence-corrected chi connectivity index (χ1v) is 12.2. The third-order valence-electron chi connectivity index (χ3n) is 4.95. The number of unbranched alkanes of at least 4 members (excludes halogenated alkanes) is 1. The van der Waals surface area contributed by atoms with Crippen LogP contribution in [-0.2, 0) is 14.8 Å². The Morgan fingerprint density at radius 3 is 2.23 bits per heavy atom. The molecule has 0 aliphatic rings. The monoisotopic (exact) mass is 446 g/mol. The minimum absolute atomic E-state index is 0.0190. The van der Waals surface area contributed by atoms with Crippen LogP contribution in [0.4, 0.5) is 17.1 Å². The third kappa shape index (κ3) is 6.97. The van der Waals surface area contributed by atoms with Gasteiger partial charge >= 0.3 is 0 Å². The van der Waals surface area contributed by atoms with E-state index in [0.717, 1.165) is 36.3 Å². The standard InChI is InChI=1S/C23H34N4O3S/c1-5-8-15-24-21-14-13-20(31(29,30)27(6-2)7-3)16-22(21)25-17-23(28)26-19-11-9-18(4)10-12-19/h9-14,16,24-25H,5-8,15,17H2,1-4H3,(H,26,28). The van der Waals surface area contributed by atoms with Gasteiger partial charge in [-0.1, -0.05) is 44.9 Å². The zero-order valence-electron chi connectivity index (χ0n) is 18.9. The Morgan fingerprint density at radius 2 is 1.61 bits per heavy atom. The largest absolute Gasteiger partial charge is 0.383 e. The molecule has 31 heavy (non-hydrogen) atoms. The van der Waals surface area contributed by atoms with Gasteiger partial charge in [0, 0.05) is 25.3 Å². The topological polar surface area (TPSA) is 90.5 Å². The average molecular weight is 447 g/mol. The summed E-state index contributed by atoms with van der Waals surface area (Å²) in [6, 6.07) is 12.5. The van der Waals surface area contributed by atoms with Crippen LogP contribution < -0.4 is 16.0 Å². The molecule has 0 aliphatic carbocycles. The summed E-state index contributed by atoms with van der Waals surface area (Å²) in [6.07, 6.45) is 2.04. The number of anilines is 3. The van der Waals surface area contributed by atoms with Gasteiger partial charge in [0.05, 0.1) is 22.8 Å². The van der Waals surface area contributed by atoms with Crippen LogP contribution in [0.2, 0.25) is 0 Å². The van der Waals surface area contributed by atoms with E-state index in [0.29, 0.717) is 18.8 Å². The molecule has 1 amide bonds. The molecule has 0 unspecified atom stereocenters. The van der Waals surface area contributed by atoms with E-state index in [1.54, 1.807) is 18.2 Å². The summed E-state index contributed by atoms with van der Waals surface area (Å²) in [5.74, 6) is -0.208. The maximum absolute atomic E-state index is 12.9. The molecule has 0 bridgehead atoms. The van der Waals surface area contributed by atoms with Crippen LogP contribution in [0.15, 0.2) is 47.4 Å². The molecular formula is C23H34N4O3S. The van der Waals surface area contributed by atoms with Gasteiger partial charge < -0.3 is 16.0 Å². The normalized spacial score (nSPS) is 11.4. The molecule has 2 aromatic rings. The molecule has 3 N–H and O–H groups in total. The smallest absolute Gasteiger partial charge is 0.243 e. The van der Waals surface area contributed by atoms with Crippen LogP contribution in [0.5, 0.6) is 0 Å². The van der Waals surface area contributed by atoms with E-state index in [9.17, 15) is 13.2 Å². The average Bonchev–Trinajstić information content (AvgIpc) is 2.75. The van der Waals surface area contributed by atoms with Gasteiger partial charge in [0.2, 0.25) is 15.9 Å². The first kappa shape index (κ1) is 24.7. The van der Waals surface area contributed by atoms with Gasteiger partial charge in [-0.05, 0) is 43.7 Å². The highest BCUT2D eigenvalue weighted by Gasteiger charge is 2.22. The second kappa shape index (κ2) is 11.7. The zero-order valence-corrected chi connectivity index (χ0v) is 19.7. The van der Waals surface area contributed by atoms with Gasteiger partial charge in [0.15, 0.2) is 0 Å². The Labute approximate surface area is 186 Å². The second-order valence-corrected chi connectivity index (χ2v) is 9.28. The summed E-state index contributed by atoms with van der Waals surface area (Å²) in [6.45, 7) is 9.31. The van der Waals surface area contributed by atoms with Gasteiger partial charge in [-0.25, -0.2) is 8.42 Å². The molecular weight excluding hydrogens is 412 g/mol. The predicted molar refractivity (Wildman–Crippen MR) is 128 cm³/mol. The molecule has 8 heteroatoms. The van der Waals surface area contributed by atoms with Gasteiger partial charge in [0.1, 0.15) is 0 Å². The number of rotatable bonds is 12. The maximum atomic E-state index is 12.9. The van der Waals surface area contributed by atoms with E-state index < -0.39 is 10.0 Å². The molecule has 0 aromatic heterocycles. The van der Waals surface area contributed by atoms with Gasteiger partial charge in [0.25, 0.3) is 0 Å². The van der Waals surface area contributed by atoms with Crippen LogP contribution in [0.25, 0.3) is 0 Å². The number of amides is 1. The number of nitrogens with zero attached hydrogens (tertiary/aromatic N) is 1. The first-order chi connectivity index (χ1) is 14.8. The van der Waals surface area contributed by atoms with Crippen LogP contribution in [0.1, 0.15) is 39.2 Å². The van der Waals surface area contributed by atoms with Crippen molar-refractivity contribution < 1.29 is 13.2 Å². The third-order valence-corrected chi connectivity index (χ3v) is 7.00. The molecule has 0 saturated heterocycles. The van der Waals surface area contributed by atoms with Gasteiger partial charge in [-0.2, -0.15) is 4.31 Å². The van der Waals surface area contributed by atoms with Crippen LogP contribution in [0, 0.1) is 6.92 Å². The summed E-state index contributed by atoms with van der Waals surface area (Å²) in [4.78, 5) is 12.6. The SMILES string of the molecule is CCCCNc1ccc(S(=O)(=O)N(CC)CC)cc1NCC(=O)Nc1ccc(C)cc1. The Hall–Kier alpha value is -2.58. The van der Waals surface area contributed by atoms with E-state index in [4.69, 9.17) is 0 Å². The molecule has 0 atom stereocenters. The van der Waals surface area contributed by atoms with Crippen molar-refractivity contribution >= 4 is 33.0 Å². The lowest BCUT2D eigenvalue weighted by atomic mass is 10.2. The van der Waals surface area contributed by atoms with Crippen molar-refractivity contribution in [2.75, 3.05) is 42.1 Å². The van der Waals surface area contributed by atoms with Crippen LogP contribution >= 0.6 is 0 Å². The van der Waals surface area contributed by atoms with E-state index in [1.807, 2.05) is 45.0 Å². The molecule has 7 nitrogen and oxygen atoms in total. The van der Waals surface area contributed by atoms with Crippen molar-refractivity contribution in [2.24, 2.45) is 0 Å². The van der Waals surface area contributed by atoms with Crippen molar-refractivity contribution in [1.82, 2.24) is 4.31 Å². The van der Waals surface area contributed by atoms with Crippen molar-refractivity contribution in [2.45, 2.75) is 45.4 Å². The molecule has 0 saturated carbocycles. The van der Waals surface area contributed by atoms with Crippen molar-refractivity contribution in [3.63, 3.8) is 0 Å². The number of benzene rings is 2. The van der Waals surface area contributed by atoms with Crippen molar-refractivity contribution in [3.8, 4) is 0 Å². The Bertz CT molecular complexity index is 955. The molecule has 0 aliphatic heterocycles. The van der Waals surface area contributed by atoms with Crippen molar-refractivity contribution in [1.29, 1.82) is 0 Å². The Kier molecular flexibility index (Phi) is 9.33. The highest BCUT2D eigenvalue weighted by atomic mass is 32.2. The number of carbonyl (C=O) groups excluding carboxylic acids is 1. The summed E-state index contributed by atoms with van der Waals surface area (Å²) in [7, 11) is -3.59. The Balaban J connectivity index is 2.20. The highest BCUT2D eigenvalue weighted by Crippen LogP contribution is 2.27. The van der Waals surface area contributed by atoms with E-state index in [1.165, 1.54) is 4.31 Å². The predicted octanol–water partition coefficient (Wildman–Crippen LogP) is 4.29. The lowest BCUT2D eigenvalue weighted by molar-refractivity contribution is -0.114. The molecule has 2 aromatic carbocycles. The first-order valence-electron chi connectivity index (χ1n) is 10.8. The molecule has 170 valence electrons. The van der Waals surface area contributed by atoms with Crippen LogP contribution in [-0.4, -0.2) is 44.8 Å². The second-order valence-electron chi connectivity index (χ2n) is 7.34. The number of carbonyl (C=O) groups is 1. The van der Waals surface area contributed by atoms with Gasteiger partial charge in [-0.15, -0.1) is 0 Å². The van der Waals surface area contributed by atoms with Gasteiger partial charge in [-0.3, -0.25) is 4.79 Å². The zero-order chi connectivity index (χ0) is 22.9. The Morgan fingerprint density at radius 1 is 0.935 bits per heavy atom. The fourth-order valence-corrected chi connectivity index (χ4v) is 4.60. The summed E-state index contributed by atoms with van der Waals surface area (Å²) >= 11 is 0. The lowest BCUT2D eigenvalue weighted by Gasteiger charge is -2.20. The quantitative estimate of drug-likeness (QED) is 0.423. The van der Waals surface area contributed by atoms with E-state index in [2.05, 4.69) is 22.9 Å². The molecule has 0 heterocycles. The number of aryl methyl sites for hydroxylation is 1. The van der Waals surface area contributed by atoms with E-state index in [-0.39, 0.29) is 17.3 Å². The fraction of sp³-hybridized carbons (Fsp3) is 0.435. The van der Waals surface area contributed by atoms with Crippen molar-refractivity contribution in [3.05, 3.63) is 48.0 Å². The molecule has 0 fully saturated rings. The number of hydrogen-bond acceptors (Lipinski definition) is 5. The lowest BCUT2D eigenvalue weighted by Crippen LogP contribution is -2.30. The molecule has 2 rings (SSSR count). The van der Waals surface area contributed by atoms with E-state index >= 15 is 0 Å². The minimum atomic E-state index is -3.59. The van der Waals surface area contributed by atoms with Crippen LogP contribution in [0.3, 0.4) is 0 Å². The summed E-state index contributed by atoms with van der Waals surface area (Å²) in [5, 5.41) is 9.27. The molecule has 0 spiro atoms. The minimum Gasteiger partial charge on any atom is -0.383 e. The highest BCUT2D eigenvalue weighted by molar-refractivity contribution is 7.89.